The lowest BCUT2D eigenvalue weighted by molar-refractivity contribution is -0.146. The molecule has 1 atom stereocenters. The van der Waals surface area contributed by atoms with Gasteiger partial charge in [0, 0.05) is 5.54 Å². The molecule has 2 N–H and O–H groups in total. The lowest BCUT2D eigenvalue weighted by atomic mass is 9.96. The number of hydrogen-bond acceptors (Lipinski definition) is 4. The molecule has 4 nitrogen and oxygen atoms in total. The fourth-order valence-electron chi connectivity index (χ4n) is 2.71. The molecular weight excluding hydrogens is 228 g/mol. The number of ether oxygens (including phenoxy) is 1. The molecule has 1 heterocycles. The summed E-state index contributed by atoms with van der Waals surface area (Å²) in [4.78, 5) is 14.0. The fourth-order valence-corrected chi connectivity index (χ4v) is 2.71. The zero-order valence-corrected chi connectivity index (χ0v) is 12.3. The van der Waals surface area contributed by atoms with Crippen molar-refractivity contribution in [2.24, 2.45) is 5.73 Å². The van der Waals surface area contributed by atoms with E-state index in [0.29, 0.717) is 12.0 Å². The van der Waals surface area contributed by atoms with Crippen molar-refractivity contribution in [3.63, 3.8) is 0 Å². The number of nitrogens with zero attached hydrogens (tertiary/aromatic N) is 1. The van der Waals surface area contributed by atoms with Gasteiger partial charge in [-0.15, -0.1) is 0 Å². The average molecular weight is 256 g/mol. The van der Waals surface area contributed by atoms with Crippen molar-refractivity contribution < 1.29 is 9.53 Å². The smallest absolute Gasteiger partial charge is 0.325 e. The molecule has 1 aliphatic rings. The van der Waals surface area contributed by atoms with Gasteiger partial charge in [-0.05, 0) is 66.0 Å². The van der Waals surface area contributed by atoms with Crippen LogP contribution in [0.5, 0.6) is 0 Å². The van der Waals surface area contributed by atoms with Crippen molar-refractivity contribution in [1.29, 1.82) is 0 Å². The van der Waals surface area contributed by atoms with Crippen molar-refractivity contribution in [3.05, 3.63) is 0 Å². The summed E-state index contributed by atoms with van der Waals surface area (Å²) < 4.78 is 4.70. The van der Waals surface area contributed by atoms with E-state index in [2.05, 4.69) is 18.7 Å². The first-order valence-corrected chi connectivity index (χ1v) is 6.92. The third-order valence-corrected chi connectivity index (χ3v) is 4.10. The number of carbonyl (C=O) groups excluding carboxylic acids is 1. The number of methoxy groups -OCH3 is 1. The van der Waals surface area contributed by atoms with Crippen molar-refractivity contribution >= 4 is 5.97 Å². The van der Waals surface area contributed by atoms with Crippen LogP contribution in [0.25, 0.3) is 0 Å². The number of carbonyl (C=O) groups is 1. The van der Waals surface area contributed by atoms with Gasteiger partial charge in [0.05, 0.1) is 7.11 Å². The van der Waals surface area contributed by atoms with E-state index in [9.17, 15) is 4.79 Å². The van der Waals surface area contributed by atoms with Crippen LogP contribution in [0.3, 0.4) is 0 Å². The maximum Gasteiger partial charge on any atom is 0.325 e. The first-order valence-electron chi connectivity index (χ1n) is 6.92. The molecule has 0 aromatic heterocycles. The van der Waals surface area contributed by atoms with E-state index in [1.54, 1.807) is 6.92 Å². The summed E-state index contributed by atoms with van der Waals surface area (Å²) in [7, 11) is 1.39. The summed E-state index contributed by atoms with van der Waals surface area (Å²) in [6.45, 7) is 8.66. The highest BCUT2D eigenvalue weighted by molar-refractivity contribution is 5.79. The molecule has 1 aliphatic heterocycles. The van der Waals surface area contributed by atoms with Gasteiger partial charge in [0.2, 0.25) is 0 Å². The molecule has 1 rings (SSSR count). The normalized spacial score (nSPS) is 22.7. The molecule has 0 saturated carbocycles. The maximum absolute atomic E-state index is 11.4. The van der Waals surface area contributed by atoms with Crippen LogP contribution in [0.15, 0.2) is 0 Å². The van der Waals surface area contributed by atoms with E-state index < -0.39 is 5.54 Å². The number of hydrogen-bond donors (Lipinski definition) is 1. The molecular formula is C14H28N2O2. The molecule has 0 aromatic rings. The van der Waals surface area contributed by atoms with Gasteiger partial charge in [0.15, 0.2) is 0 Å². The van der Waals surface area contributed by atoms with E-state index in [0.717, 1.165) is 19.4 Å². The highest BCUT2D eigenvalue weighted by atomic mass is 16.5. The first-order chi connectivity index (χ1) is 8.29. The Kier molecular flexibility index (Phi) is 5.17. The number of esters is 1. The third kappa shape index (κ3) is 3.95. The summed E-state index contributed by atoms with van der Waals surface area (Å²) >= 11 is 0. The Morgan fingerprint density at radius 3 is 2.61 bits per heavy atom. The van der Waals surface area contributed by atoms with Crippen molar-refractivity contribution in [2.45, 2.75) is 64.0 Å². The molecule has 1 fully saturated rings. The standard InChI is InChI=1S/C14H28N2O2/c1-13(2)8-7-11-16(13)10-6-5-9-14(3,15)12(17)18-4/h5-11,15H2,1-4H3. The van der Waals surface area contributed by atoms with E-state index >= 15 is 0 Å². The fraction of sp³-hybridized carbons (Fsp3) is 0.929. The quantitative estimate of drug-likeness (QED) is 0.583. The molecule has 0 aliphatic carbocycles. The Balaban J connectivity index is 2.25. The number of rotatable bonds is 6. The Bertz CT molecular complexity index is 288. The molecule has 0 bridgehead atoms. The second-order valence-corrected chi connectivity index (χ2v) is 6.27. The SMILES string of the molecule is COC(=O)C(C)(N)CCCCN1CCCC1(C)C. The first kappa shape index (κ1) is 15.4. The van der Waals surface area contributed by atoms with E-state index in [1.807, 2.05) is 0 Å². The topological polar surface area (TPSA) is 55.6 Å². The molecule has 0 amide bonds. The third-order valence-electron chi connectivity index (χ3n) is 4.10. The Labute approximate surface area is 111 Å². The Morgan fingerprint density at radius 2 is 2.11 bits per heavy atom. The van der Waals surface area contributed by atoms with Gasteiger partial charge in [0.1, 0.15) is 5.54 Å². The minimum Gasteiger partial charge on any atom is -0.468 e. The zero-order valence-electron chi connectivity index (χ0n) is 12.3. The summed E-state index contributed by atoms with van der Waals surface area (Å²) in [6, 6.07) is 0. The van der Waals surface area contributed by atoms with E-state index in [1.165, 1.54) is 26.5 Å². The van der Waals surface area contributed by atoms with Crippen LogP contribution in [0, 0.1) is 0 Å². The summed E-state index contributed by atoms with van der Waals surface area (Å²) in [5.74, 6) is -0.316. The average Bonchev–Trinajstić information content (AvgIpc) is 2.63. The molecule has 1 unspecified atom stereocenters. The van der Waals surface area contributed by atoms with Crippen LogP contribution >= 0.6 is 0 Å². The second kappa shape index (κ2) is 6.02. The van der Waals surface area contributed by atoms with Crippen LogP contribution in [0.1, 0.15) is 52.9 Å². The van der Waals surface area contributed by atoms with Crippen LogP contribution < -0.4 is 5.73 Å². The Morgan fingerprint density at radius 1 is 1.44 bits per heavy atom. The van der Waals surface area contributed by atoms with Gasteiger partial charge in [-0.2, -0.15) is 0 Å². The van der Waals surface area contributed by atoms with Crippen molar-refractivity contribution in [2.75, 3.05) is 20.2 Å². The minimum atomic E-state index is -0.838. The molecule has 18 heavy (non-hydrogen) atoms. The highest BCUT2D eigenvalue weighted by Crippen LogP contribution is 2.28. The van der Waals surface area contributed by atoms with Gasteiger partial charge in [-0.1, -0.05) is 0 Å². The minimum absolute atomic E-state index is 0.316. The largest absolute Gasteiger partial charge is 0.468 e. The highest BCUT2D eigenvalue weighted by Gasteiger charge is 2.32. The van der Waals surface area contributed by atoms with E-state index in [-0.39, 0.29) is 5.97 Å². The molecule has 4 heteroatoms. The molecule has 0 spiro atoms. The van der Waals surface area contributed by atoms with Crippen LogP contribution in [0.2, 0.25) is 0 Å². The van der Waals surface area contributed by atoms with Gasteiger partial charge in [-0.25, -0.2) is 0 Å². The lowest BCUT2D eigenvalue weighted by Crippen LogP contribution is -2.45. The molecule has 0 aromatic carbocycles. The number of unbranched alkanes of at least 4 members (excludes halogenated alkanes) is 1. The van der Waals surface area contributed by atoms with Crippen LogP contribution in [0.4, 0.5) is 0 Å². The van der Waals surface area contributed by atoms with Crippen molar-refractivity contribution in [3.8, 4) is 0 Å². The predicted octanol–water partition coefficient (Wildman–Crippen LogP) is 1.92. The number of nitrogens with two attached hydrogens (primary N) is 1. The number of likely N-dealkylation sites (tertiary alicyclic amines) is 1. The summed E-state index contributed by atoms with van der Waals surface area (Å²) in [5.41, 5.74) is 5.43. The summed E-state index contributed by atoms with van der Waals surface area (Å²) in [6.07, 6.45) is 5.32. The maximum atomic E-state index is 11.4. The molecule has 1 saturated heterocycles. The van der Waals surface area contributed by atoms with Crippen LogP contribution in [-0.2, 0) is 9.53 Å². The van der Waals surface area contributed by atoms with Gasteiger partial charge in [-0.3, -0.25) is 9.69 Å². The molecule has 106 valence electrons. The van der Waals surface area contributed by atoms with Crippen LogP contribution in [-0.4, -0.2) is 42.1 Å². The van der Waals surface area contributed by atoms with Crippen molar-refractivity contribution in [1.82, 2.24) is 4.90 Å². The summed E-state index contributed by atoms with van der Waals surface area (Å²) in [5, 5.41) is 0. The van der Waals surface area contributed by atoms with Gasteiger partial charge < -0.3 is 10.5 Å². The van der Waals surface area contributed by atoms with Gasteiger partial charge in [0.25, 0.3) is 0 Å². The zero-order chi connectivity index (χ0) is 13.8. The Hall–Kier alpha value is -0.610. The predicted molar refractivity (Wildman–Crippen MR) is 73.3 cm³/mol. The monoisotopic (exact) mass is 256 g/mol. The van der Waals surface area contributed by atoms with Gasteiger partial charge >= 0.3 is 5.97 Å². The second-order valence-electron chi connectivity index (χ2n) is 6.27. The molecule has 0 radical (unpaired) electrons. The lowest BCUT2D eigenvalue weighted by Gasteiger charge is -2.31. The van der Waals surface area contributed by atoms with E-state index in [4.69, 9.17) is 10.5 Å².